The molecule has 13 unspecified atom stereocenters. The molecule has 0 amide bonds. The van der Waals surface area contributed by atoms with Crippen LogP contribution in [0.25, 0.3) is 0 Å². The molecular weight excluding hydrogens is 907 g/mol. The first-order valence-electron chi connectivity index (χ1n) is 26.4. The summed E-state index contributed by atoms with van der Waals surface area (Å²) < 4.78 is 45.5. The van der Waals surface area contributed by atoms with Crippen molar-refractivity contribution in [2.45, 2.75) is 280 Å². The number of rotatable bonds is 41. The van der Waals surface area contributed by atoms with Crippen LogP contribution in [0.2, 0.25) is 0 Å². The largest absolute Gasteiger partial charge is 0.472 e. The summed E-state index contributed by atoms with van der Waals surface area (Å²) in [6.45, 7) is 2.25. The average Bonchev–Trinajstić information content (AvgIpc) is 3.32. The van der Waals surface area contributed by atoms with Gasteiger partial charge in [-0.3, -0.25) is 18.6 Å². The van der Waals surface area contributed by atoms with Gasteiger partial charge in [0.1, 0.15) is 67.6 Å². The third kappa shape index (κ3) is 25.9. The number of phosphoric ester groups is 1. The first kappa shape index (κ1) is 62.8. The van der Waals surface area contributed by atoms with Crippen LogP contribution in [0.1, 0.15) is 206 Å². The smallest absolute Gasteiger partial charge is 0.462 e. The minimum atomic E-state index is -5.37. The van der Waals surface area contributed by atoms with Gasteiger partial charge in [-0.25, -0.2) is 4.57 Å². The Kier molecular flexibility index (Phi) is 34.5. The first-order chi connectivity index (χ1) is 32.7. The zero-order valence-electron chi connectivity index (χ0n) is 41.4. The normalized spacial score (nSPS) is 27.7. The Morgan fingerprint density at radius 1 is 0.500 bits per heavy atom. The van der Waals surface area contributed by atoms with Crippen LogP contribution in [0.3, 0.4) is 0 Å². The number of carbonyl (C=O) groups is 2. The third-order valence-electron chi connectivity index (χ3n) is 13.1. The first-order valence-corrected chi connectivity index (χ1v) is 27.9. The van der Waals surface area contributed by atoms with Crippen molar-refractivity contribution in [3.8, 4) is 0 Å². The lowest BCUT2D eigenvalue weighted by molar-refractivity contribution is -0.338. The van der Waals surface area contributed by atoms with Crippen molar-refractivity contribution in [1.29, 1.82) is 0 Å². The zero-order valence-corrected chi connectivity index (χ0v) is 42.3. The molecule has 0 aromatic carbocycles. The van der Waals surface area contributed by atoms with Crippen molar-refractivity contribution < 1.29 is 87.9 Å². The highest BCUT2D eigenvalue weighted by Crippen LogP contribution is 2.48. The Bertz CT molecular complexity index is 1330. The summed E-state index contributed by atoms with van der Waals surface area (Å²) in [4.78, 5) is 36.6. The van der Waals surface area contributed by atoms with Crippen LogP contribution >= 0.6 is 7.82 Å². The minimum Gasteiger partial charge on any atom is -0.462 e. The van der Waals surface area contributed by atoms with E-state index in [0.29, 0.717) is 12.8 Å². The van der Waals surface area contributed by atoms with Gasteiger partial charge in [-0.05, 0) is 12.8 Å². The highest BCUT2D eigenvalue weighted by Gasteiger charge is 2.55. The van der Waals surface area contributed by atoms with Crippen LogP contribution in [0.15, 0.2) is 0 Å². The summed E-state index contributed by atoms with van der Waals surface area (Å²) in [6, 6.07) is 0. The van der Waals surface area contributed by atoms with E-state index in [9.17, 15) is 59.9 Å². The molecule has 1 aliphatic heterocycles. The van der Waals surface area contributed by atoms with E-state index in [-0.39, 0.29) is 12.8 Å². The minimum absolute atomic E-state index is 0.0400. The Morgan fingerprint density at radius 2 is 0.882 bits per heavy atom. The summed E-state index contributed by atoms with van der Waals surface area (Å²) in [5.74, 6) is -1.20. The molecule has 2 aliphatic rings. The van der Waals surface area contributed by atoms with Crippen molar-refractivity contribution in [2.75, 3.05) is 19.8 Å². The van der Waals surface area contributed by atoms with Gasteiger partial charge < -0.3 is 64.7 Å². The van der Waals surface area contributed by atoms with Crippen LogP contribution in [-0.4, -0.2) is 151 Å². The SMILES string of the molecule is CCCCCCCCCCCCCCCCCC(=O)OC(COC(=O)CCCCCCCCCCCCCCC)COP(=O)(O)OC1C(O)C(O)C(O)C(O)C1OC1OC(CO)C(O)C(O)C1O. The Labute approximate surface area is 406 Å². The van der Waals surface area contributed by atoms with E-state index < -0.39 is 113 Å². The summed E-state index contributed by atoms with van der Waals surface area (Å²) in [5.41, 5.74) is 0. The van der Waals surface area contributed by atoms with Crippen LogP contribution in [0.5, 0.6) is 0 Å². The molecule has 19 heteroatoms. The van der Waals surface area contributed by atoms with Crippen molar-refractivity contribution in [2.24, 2.45) is 0 Å². The molecule has 0 aromatic rings. The van der Waals surface area contributed by atoms with E-state index in [2.05, 4.69) is 13.8 Å². The van der Waals surface area contributed by atoms with Crippen LogP contribution in [0, 0.1) is 0 Å². The van der Waals surface area contributed by atoms with Gasteiger partial charge in [-0.15, -0.1) is 0 Å². The van der Waals surface area contributed by atoms with Crippen molar-refractivity contribution in [3.05, 3.63) is 0 Å². The standard InChI is InChI=1S/C49H93O18P/c1-3-5-7-9-11-13-15-17-18-20-22-24-26-28-30-32-39(52)64-36(34-62-38(51)31-29-27-25-23-21-19-16-14-12-10-8-6-4-2)35-63-68(60,61)67-48-45(58)43(56)42(55)44(57)47(48)66-49-46(59)41(54)40(53)37(33-50)65-49/h36-37,40-50,53-59H,3-35H2,1-2H3,(H,60,61). The second-order valence-corrected chi connectivity index (χ2v) is 20.5. The van der Waals surface area contributed by atoms with Crippen molar-refractivity contribution in [3.63, 3.8) is 0 Å². The highest BCUT2D eigenvalue weighted by molar-refractivity contribution is 7.47. The number of carbonyl (C=O) groups excluding carboxylic acids is 2. The topological polar surface area (TPSA) is 289 Å². The summed E-state index contributed by atoms with van der Waals surface area (Å²) >= 11 is 0. The van der Waals surface area contributed by atoms with E-state index >= 15 is 0 Å². The van der Waals surface area contributed by atoms with E-state index in [4.69, 9.17) is 28.0 Å². The predicted octanol–water partition coefficient (Wildman–Crippen LogP) is 6.33. The van der Waals surface area contributed by atoms with Gasteiger partial charge in [-0.2, -0.15) is 0 Å². The summed E-state index contributed by atoms with van der Waals surface area (Å²) in [6.07, 6.45) is 8.93. The van der Waals surface area contributed by atoms with Gasteiger partial charge >= 0.3 is 19.8 Å². The molecule has 1 saturated carbocycles. The van der Waals surface area contributed by atoms with Gasteiger partial charge in [0.05, 0.1) is 13.2 Å². The third-order valence-corrected chi connectivity index (χ3v) is 14.0. The van der Waals surface area contributed by atoms with E-state index in [0.717, 1.165) is 51.4 Å². The van der Waals surface area contributed by atoms with E-state index in [1.54, 1.807) is 0 Å². The molecule has 68 heavy (non-hydrogen) atoms. The number of aliphatic hydroxyl groups excluding tert-OH is 8. The quantitative estimate of drug-likeness (QED) is 0.0184. The maximum absolute atomic E-state index is 13.4. The molecule has 2 rings (SSSR count). The number of ether oxygens (including phenoxy) is 4. The maximum atomic E-state index is 13.4. The monoisotopic (exact) mass is 1000 g/mol. The second kappa shape index (κ2) is 37.4. The molecule has 0 bridgehead atoms. The lowest BCUT2D eigenvalue weighted by Crippen LogP contribution is -2.67. The number of unbranched alkanes of at least 4 members (excludes halogenated alkanes) is 26. The predicted molar refractivity (Wildman–Crippen MR) is 254 cm³/mol. The molecule has 1 heterocycles. The number of esters is 2. The number of hydrogen-bond acceptors (Lipinski definition) is 17. The molecule has 0 aromatic heterocycles. The fraction of sp³-hybridized carbons (Fsp3) is 0.959. The van der Waals surface area contributed by atoms with E-state index in [1.807, 2.05) is 0 Å². The van der Waals surface area contributed by atoms with Crippen molar-refractivity contribution >= 4 is 19.8 Å². The molecule has 13 atom stereocenters. The molecule has 0 radical (unpaired) electrons. The van der Waals surface area contributed by atoms with Crippen molar-refractivity contribution in [1.82, 2.24) is 0 Å². The van der Waals surface area contributed by atoms with Crippen LogP contribution in [-0.2, 0) is 42.1 Å². The van der Waals surface area contributed by atoms with Gasteiger partial charge in [0.15, 0.2) is 12.4 Å². The van der Waals surface area contributed by atoms with Gasteiger partial charge in [0.25, 0.3) is 0 Å². The average molecular weight is 1000 g/mol. The van der Waals surface area contributed by atoms with E-state index in [1.165, 1.54) is 116 Å². The highest BCUT2D eigenvalue weighted by atomic mass is 31.2. The summed E-state index contributed by atoms with van der Waals surface area (Å²) in [7, 11) is -5.37. The van der Waals surface area contributed by atoms with Gasteiger partial charge in [0, 0.05) is 12.8 Å². The maximum Gasteiger partial charge on any atom is 0.472 e. The Balaban J connectivity index is 1.93. The van der Waals surface area contributed by atoms with Gasteiger partial charge in [-0.1, -0.05) is 181 Å². The van der Waals surface area contributed by atoms with Gasteiger partial charge in [0.2, 0.25) is 0 Å². The molecule has 9 N–H and O–H groups in total. The number of hydrogen-bond donors (Lipinski definition) is 9. The molecular formula is C49H93O18P. The lowest BCUT2D eigenvalue weighted by Gasteiger charge is -2.47. The molecule has 0 spiro atoms. The second-order valence-electron chi connectivity index (χ2n) is 19.1. The lowest BCUT2D eigenvalue weighted by atomic mass is 9.84. The molecule has 1 aliphatic carbocycles. The molecule has 18 nitrogen and oxygen atoms in total. The zero-order chi connectivity index (χ0) is 50.2. The molecule has 402 valence electrons. The number of aliphatic hydroxyl groups is 8. The van der Waals surface area contributed by atoms with Crippen LogP contribution in [0.4, 0.5) is 0 Å². The summed E-state index contributed by atoms with van der Waals surface area (Å²) in [5, 5.41) is 83.0. The number of phosphoric acid groups is 1. The fourth-order valence-corrected chi connectivity index (χ4v) is 9.67. The molecule has 2 fully saturated rings. The molecule has 1 saturated heterocycles. The van der Waals surface area contributed by atoms with Crippen LogP contribution < -0.4 is 0 Å². The Hall–Kier alpha value is -1.35. The fourth-order valence-electron chi connectivity index (χ4n) is 8.70. The Morgan fingerprint density at radius 3 is 1.31 bits per heavy atom.